The molecule has 2 aromatic rings. The maximum atomic E-state index is 13.8. The molecule has 0 saturated carbocycles. The fraction of sp³-hybridized carbons (Fsp3) is 0.645. The summed E-state index contributed by atoms with van der Waals surface area (Å²) < 4.78 is 51.4. The van der Waals surface area contributed by atoms with Crippen molar-refractivity contribution in [3.8, 4) is 0 Å². The highest BCUT2D eigenvalue weighted by Gasteiger charge is 2.54. The second kappa shape index (κ2) is 16.2. The number of carbonyl (C=O) groups is 5. The first-order valence-electron chi connectivity index (χ1n) is 16.5. The molecule has 3 rings (SSSR count). The van der Waals surface area contributed by atoms with Gasteiger partial charge in [-0.15, -0.1) is 16.4 Å². The molecule has 1 aliphatic rings. The molecule has 23 heteroatoms. The normalized spacial score (nSPS) is 16.9. The van der Waals surface area contributed by atoms with E-state index in [9.17, 15) is 36.9 Å². The number of hydrogen-bond donors (Lipinski definition) is 4. The number of aromatic nitrogens is 4. The van der Waals surface area contributed by atoms with Crippen molar-refractivity contribution in [3.63, 3.8) is 0 Å². The molecule has 0 unspecified atom stereocenters. The second-order valence-corrected chi connectivity index (χ2v) is 17.6. The molecule has 1 saturated heterocycles. The van der Waals surface area contributed by atoms with Gasteiger partial charge in [0.15, 0.2) is 10.8 Å². The number of carbonyl (C=O) groups excluding carboxylic acids is 5. The lowest BCUT2D eigenvalue weighted by Crippen LogP contribution is -2.73. The first-order chi connectivity index (χ1) is 24.5. The van der Waals surface area contributed by atoms with Crippen LogP contribution in [-0.4, -0.2) is 114 Å². The van der Waals surface area contributed by atoms with Gasteiger partial charge in [-0.2, -0.15) is 8.42 Å². The SMILES string of the molecule is CC(C)(C)OC(=O)NCCc1cn(C[C@@H]2[C@H](NC(=O)/C(=N/OC(C)(C)C(=O)OC(C)(C)C)c3csc(NC(=O)OC(C)(C)C)n3)C(=O)N2S(=O)(=O)O)nn1. The molecular weight excluding hydrogens is 755 g/mol. The average Bonchev–Trinajstić information content (AvgIpc) is 3.61. The molecule has 300 valence electrons. The number of nitrogens with zero attached hydrogens (tertiary/aromatic N) is 6. The summed E-state index contributed by atoms with van der Waals surface area (Å²) in [5, 5.41) is 20.5. The maximum absolute atomic E-state index is 13.8. The third-order valence-corrected chi connectivity index (χ3v) is 8.24. The van der Waals surface area contributed by atoms with Gasteiger partial charge < -0.3 is 29.7 Å². The van der Waals surface area contributed by atoms with E-state index in [1.807, 2.05) is 0 Å². The highest BCUT2D eigenvalue weighted by molar-refractivity contribution is 7.84. The predicted octanol–water partition coefficient (Wildman–Crippen LogP) is 2.19. The molecule has 21 nitrogen and oxygen atoms in total. The van der Waals surface area contributed by atoms with Crippen LogP contribution in [-0.2, 0) is 56.7 Å². The van der Waals surface area contributed by atoms with Gasteiger partial charge in [0, 0.05) is 24.5 Å². The maximum Gasteiger partial charge on any atom is 0.413 e. The third kappa shape index (κ3) is 12.9. The second-order valence-electron chi connectivity index (χ2n) is 15.4. The number of hydrogen-bond acceptors (Lipinski definition) is 16. The van der Waals surface area contributed by atoms with Crippen LogP contribution in [0.4, 0.5) is 14.7 Å². The molecule has 0 aromatic carbocycles. The Labute approximate surface area is 316 Å². The van der Waals surface area contributed by atoms with Gasteiger partial charge in [-0.25, -0.2) is 23.7 Å². The van der Waals surface area contributed by atoms with E-state index in [0.29, 0.717) is 5.69 Å². The van der Waals surface area contributed by atoms with Crippen LogP contribution in [0, 0.1) is 0 Å². The third-order valence-electron chi connectivity index (χ3n) is 6.54. The molecule has 2 atom stereocenters. The zero-order chi connectivity index (χ0) is 41.0. The van der Waals surface area contributed by atoms with Gasteiger partial charge in [0.1, 0.15) is 28.5 Å². The number of oxime groups is 1. The Kier molecular flexibility index (Phi) is 13.1. The van der Waals surface area contributed by atoms with E-state index in [4.69, 9.17) is 19.0 Å². The summed E-state index contributed by atoms with van der Waals surface area (Å²) in [6.07, 6.45) is 0.162. The first kappa shape index (κ1) is 43.5. The Morgan fingerprint density at radius 3 is 2.11 bits per heavy atom. The van der Waals surface area contributed by atoms with E-state index >= 15 is 0 Å². The van der Waals surface area contributed by atoms with Gasteiger partial charge >= 0.3 is 28.5 Å². The van der Waals surface area contributed by atoms with Crippen molar-refractivity contribution in [1.29, 1.82) is 0 Å². The molecule has 0 bridgehead atoms. The Bertz CT molecular complexity index is 1870. The number of thiazole rings is 1. The fourth-order valence-electron chi connectivity index (χ4n) is 4.32. The van der Waals surface area contributed by atoms with Gasteiger partial charge in [-0.05, 0) is 76.2 Å². The topological polar surface area (TPSA) is 272 Å². The molecule has 0 radical (unpaired) electrons. The summed E-state index contributed by atoms with van der Waals surface area (Å²) in [6.45, 7) is 17.5. The predicted molar refractivity (Wildman–Crippen MR) is 192 cm³/mol. The van der Waals surface area contributed by atoms with E-state index in [2.05, 4.69) is 36.4 Å². The van der Waals surface area contributed by atoms with Crippen molar-refractivity contribution in [1.82, 2.24) is 34.9 Å². The number of esters is 1. The first-order valence-corrected chi connectivity index (χ1v) is 18.8. The van der Waals surface area contributed by atoms with E-state index < -0.39 is 80.5 Å². The van der Waals surface area contributed by atoms with Crippen LogP contribution >= 0.6 is 11.3 Å². The summed E-state index contributed by atoms with van der Waals surface area (Å²) in [6, 6.07) is -2.95. The highest BCUT2D eigenvalue weighted by atomic mass is 32.2. The summed E-state index contributed by atoms with van der Waals surface area (Å²) in [7, 11) is -5.09. The van der Waals surface area contributed by atoms with Crippen LogP contribution in [0.2, 0.25) is 0 Å². The number of nitrogens with one attached hydrogen (secondary N) is 3. The molecule has 54 heavy (non-hydrogen) atoms. The quantitative estimate of drug-likeness (QED) is 0.0565. The standard InChI is InChI=1S/C31H47N9O12S2/c1-28(2,3)49-24(43)31(10,11)52-37-20(18-16-53-25(33-18)35-27(45)51-30(7,8)9)22(41)34-21-19(40(23(21)42)54(46,47)48)15-39-14-17(36-38-39)12-13-32-26(44)50-29(4,5)6/h14,16,19,21H,12-13,15H2,1-11H3,(H,32,44)(H,34,41)(H,33,35,45)(H,46,47,48)/b37-20+/t19-,21+/m1/s1. The molecule has 0 spiro atoms. The summed E-state index contributed by atoms with van der Waals surface area (Å²) >= 11 is 0.887. The number of alkyl carbamates (subject to hydrolysis) is 1. The largest absolute Gasteiger partial charge is 0.457 e. The summed E-state index contributed by atoms with van der Waals surface area (Å²) in [5.41, 5.74) is -4.51. The van der Waals surface area contributed by atoms with Crippen LogP contribution in [0.3, 0.4) is 0 Å². The molecule has 3 heterocycles. The Hall–Kier alpha value is -4.90. The van der Waals surface area contributed by atoms with Crippen molar-refractivity contribution in [2.75, 3.05) is 11.9 Å². The minimum Gasteiger partial charge on any atom is -0.457 e. The fourth-order valence-corrected chi connectivity index (χ4v) is 5.88. The van der Waals surface area contributed by atoms with Crippen molar-refractivity contribution in [2.45, 2.75) is 124 Å². The van der Waals surface area contributed by atoms with Crippen LogP contribution in [0.1, 0.15) is 87.5 Å². The molecule has 1 fully saturated rings. The smallest absolute Gasteiger partial charge is 0.413 e. The van der Waals surface area contributed by atoms with Crippen LogP contribution < -0.4 is 16.0 Å². The molecular formula is C31H47N9O12S2. The molecule has 1 aliphatic heterocycles. The van der Waals surface area contributed by atoms with Gasteiger partial charge in [0.2, 0.25) is 5.60 Å². The number of anilines is 1. The van der Waals surface area contributed by atoms with Gasteiger partial charge in [0.25, 0.3) is 11.8 Å². The lowest BCUT2D eigenvalue weighted by Gasteiger charge is -2.43. The van der Waals surface area contributed by atoms with Gasteiger partial charge in [-0.1, -0.05) is 10.4 Å². The van der Waals surface area contributed by atoms with E-state index in [-0.39, 0.29) is 34.6 Å². The summed E-state index contributed by atoms with van der Waals surface area (Å²) in [5.74, 6) is -3.11. The monoisotopic (exact) mass is 801 g/mol. The number of amides is 4. The molecule has 0 aliphatic carbocycles. The minimum atomic E-state index is -5.09. The zero-order valence-corrected chi connectivity index (χ0v) is 33.5. The summed E-state index contributed by atoms with van der Waals surface area (Å²) in [4.78, 5) is 73.7. The number of rotatable bonds is 13. The van der Waals surface area contributed by atoms with E-state index in [1.165, 1.54) is 30.1 Å². The lowest BCUT2D eigenvalue weighted by molar-refractivity contribution is -0.179. The minimum absolute atomic E-state index is 0.00965. The molecule has 4 N–H and O–H groups in total. The van der Waals surface area contributed by atoms with E-state index in [0.717, 1.165) is 11.3 Å². The van der Waals surface area contributed by atoms with Crippen LogP contribution in [0.15, 0.2) is 16.7 Å². The highest BCUT2D eigenvalue weighted by Crippen LogP contribution is 2.26. The Morgan fingerprint density at radius 2 is 1.54 bits per heavy atom. The van der Waals surface area contributed by atoms with Crippen molar-refractivity contribution < 1.29 is 56.0 Å². The number of ether oxygens (including phenoxy) is 3. The molecule has 4 amide bonds. The lowest BCUT2D eigenvalue weighted by atomic mass is 9.98. The average molecular weight is 802 g/mol. The van der Waals surface area contributed by atoms with Crippen LogP contribution in [0.5, 0.6) is 0 Å². The van der Waals surface area contributed by atoms with Crippen molar-refractivity contribution >= 4 is 62.5 Å². The zero-order valence-electron chi connectivity index (χ0n) is 31.9. The van der Waals surface area contributed by atoms with Gasteiger partial charge in [0.05, 0.1) is 18.3 Å². The molecule has 2 aromatic heterocycles. The Balaban J connectivity index is 1.86. The van der Waals surface area contributed by atoms with Crippen LogP contribution in [0.25, 0.3) is 0 Å². The van der Waals surface area contributed by atoms with Gasteiger partial charge in [-0.3, -0.25) is 24.1 Å². The Morgan fingerprint density at radius 1 is 0.944 bits per heavy atom. The van der Waals surface area contributed by atoms with Crippen molar-refractivity contribution in [2.24, 2.45) is 5.16 Å². The van der Waals surface area contributed by atoms with Crippen molar-refractivity contribution in [3.05, 3.63) is 23.0 Å². The number of β-lactam (4-membered cyclic amide) rings is 1. The van der Waals surface area contributed by atoms with E-state index in [1.54, 1.807) is 62.3 Å².